The van der Waals surface area contributed by atoms with Crippen LogP contribution in [-0.2, 0) is 6.54 Å². The number of nitrogens with zero attached hydrogens (tertiary/aromatic N) is 1. The molecule has 21 heavy (non-hydrogen) atoms. The highest BCUT2D eigenvalue weighted by Gasteiger charge is 2.03. The molecular weight excluding hydrogens is 262 g/mol. The number of guanidine groups is 1. The van der Waals surface area contributed by atoms with Gasteiger partial charge in [-0.1, -0.05) is 24.3 Å². The minimum atomic E-state index is 0.600. The fourth-order valence-electron chi connectivity index (χ4n) is 1.93. The number of rotatable bonds is 7. The van der Waals surface area contributed by atoms with Gasteiger partial charge < -0.3 is 15.4 Å². The summed E-state index contributed by atoms with van der Waals surface area (Å²) in [5.41, 5.74) is 2.28. The van der Waals surface area contributed by atoms with Crippen LogP contribution in [0.15, 0.2) is 35.3 Å². The molecule has 0 bridgehead atoms. The predicted octanol–water partition coefficient (Wildman–Crippen LogP) is 3.02. The molecule has 1 rings (SSSR count). The lowest BCUT2D eigenvalue weighted by atomic mass is 10.1. The van der Waals surface area contributed by atoms with Gasteiger partial charge in [-0.05, 0) is 38.8 Å². The van der Waals surface area contributed by atoms with Gasteiger partial charge in [-0.3, -0.25) is 0 Å². The second-order valence-corrected chi connectivity index (χ2v) is 4.79. The maximum absolute atomic E-state index is 5.41. The lowest BCUT2D eigenvalue weighted by Crippen LogP contribution is -2.37. The summed E-state index contributed by atoms with van der Waals surface area (Å²) in [6, 6.07) is 6.19. The van der Waals surface area contributed by atoms with Crippen molar-refractivity contribution in [3.8, 4) is 5.75 Å². The van der Waals surface area contributed by atoms with E-state index in [9.17, 15) is 0 Å². The summed E-state index contributed by atoms with van der Waals surface area (Å²) < 4.78 is 5.41. The van der Waals surface area contributed by atoms with Crippen molar-refractivity contribution >= 4 is 5.96 Å². The Bertz CT molecular complexity index is 481. The van der Waals surface area contributed by atoms with Gasteiger partial charge in [-0.15, -0.1) is 0 Å². The summed E-state index contributed by atoms with van der Waals surface area (Å²) in [5, 5.41) is 6.57. The minimum absolute atomic E-state index is 0.600. The smallest absolute Gasteiger partial charge is 0.191 e. The van der Waals surface area contributed by atoms with Crippen LogP contribution >= 0.6 is 0 Å². The van der Waals surface area contributed by atoms with Gasteiger partial charge in [-0.25, -0.2) is 4.99 Å². The molecule has 0 spiro atoms. The molecule has 0 saturated heterocycles. The van der Waals surface area contributed by atoms with E-state index in [2.05, 4.69) is 53.8 Å². The fraction of sp³-hybridized carbons (Fsp3) is 0.471. The highest BCUT2D eigenvalue weighted by molar-refractivity contribution is 5.79. The molecule has 0 fully saturated rings. The molecule has 0 amide bonds. The monoisotopic (exact) mass is 289 g/mol. The zero-order valence-corrected chi connectivity index (χ0v) is 13.6. The zero-order valence-electron chi connectivity index (χ0n) is 13.6. The van der Waals surface area contributed by atoms with Crippen molar-refractivity contribution in [1.29, 1.82) is 0 Å². The van der Waals surface area contributed by atoms with E-state index >= 15 is 0 Å². The van der Waals surface area contributed by atoms with Crippen molar-refractivity contribution in [3.05, 3.63) is 41.5 Å². The Balaban J connectivity index is 2.68. The largest absolute Gasteiger partial charge is 0.496 e. The molecule has 116 valence electrons. The third-order valence-electron chi connectivity index (χ3n) is 3.03. The minimum Gasteiger partial charge on any atom is -0.496 e. The Kier molecular flexibility index (Phi) is 8.02. The van der Waals surface area contributed by atoms with Gasteiger partial charge in [0, 0.05) is 18.7 Å². The first-order chi connectivity index (χ1) is 10.2. The maximum atomic E-state index is 5.41. The standard InChI is InChI=1S/C17H27N3O/c1-5-7-8-11-19-17(18-6-2)20-13-15-10-9-14(3)12-16(15)21-4/h5,7,9-10,12H,6,8,11,13H2,1-4H3,(H2,18,19,20)/b7-5+. The molecule has 2 N–H and O–H groups in total. The second kappa shape index (κ2) is 9.86. The first-order valence-electron chi connectivity index (χ1n) is 7.48. The SMILES string of the molecule is C/C=C/CCNC(=NCc1ccc(C)cc1OC)NCC. The molecule has 4 heteroatoms. The number of aliphatic imine (C=N–C) groups is 1. The molecule has 0 unspecified atom stereocenters. The van der Waals surface area contributed by atoms with E-state index in [-0.39, 0.29) is 0 Å². The van der Waals surface area contributed by atoms with Crippen LogP contribution in [0.25, 0.3) is 0 Å². The number of ether oxygens (including phenoxy) is 1. The van der Waals surface area contributed by atoms with E-state index in [4.69, 9.17) is 4.74 Å². The first kappa shape index (κ1) is 17.1. The molecule has 0 saturated carbocycles. The van der Waals surface area contributed by atoms with Gasteiger partial charge in [0.05, 0.1) is 13.7 Å². The van der Waals surface area contributed by atoms with Crippen LogP contribution < -0.4 is 15.4 Å². The van der Waals surface area contributed by atoms with Gasteiger partial charge in [0.15, 0.2) is 5.96 Å². The lowest BCUT2D eigenvalue weighted by molar-refractivity contribution is 0.409. The normalized spacial score (nSPS) is 11.7. The summed E-state index contributed by atoms with van der Waals surface area (Å²) >= 11 is 0. The van der Waals surface area contributed by atoms with Gasteiger partial charge >= 0.3 is 0 Å². The Labute approximate surface area is 128 Å². The summed E-state index contributed by atoms with van der Waals surface area (Å²) in [5.74, 6) is 1.73. The Morgan fingerprint density at radius 1 is 1.33 bits per heavy atom. The quantitative estimate of drug-likeness (QED) is 0.351. The Hall–Kier alpha value is -1.97. The third-order valence-corrected chi connectivity index (χ3v) is 3.03. The van der Waals surface area contributed by atoms with E-state index in [0.717, 1.165) is 36.8 Å². The maximum Gasteiger partial charge on any atom is 0.191 e. The van der Waals surface area contributed by atoms with Crippen molar-refractivity contribution in [2.75, 3.05) is 20.2 Å². The summed E-state index contributed by atoms with van der Waals surface area (Å²) in [6.45, 7) is 8.48. The molecule has 0 heterocycles. The van der Waals surface area contributed by atoms with Crippen LogP contribution in [0.3, 0.4) is 0 Å². The lowest BCUT2D eigenvalue weighted by Gasteiger charge is -2.12. The van der Waals surface area contributed by atoms with Crippen molar-refractivity contribution in [2.24, 2.45) is 4.99 Å². The summed E-state index contributed by atoms with van der Waals surface area (Å²) in [6.07, 6.45) is 5.19. The molecule has 4 nitrogen and oxygen atoms in total. The van der Waals surface area contributed by atoms with E-state index in [1.165, 1.54) is 5.56 Å². The van der Waals surface area contributed by atoms with E-state index in [1.807, 2.05) is 13.0 Å². The van der Waals surface area contributed by atoms with Crippen LogP contribution in [-0.4, -0.2) is 26.2 Å². The average molecular weight is 289 g/mol. The Morgan fingerprint density at radius 3 is 2.81 bits per heavy atom. The molecular formula is C17H27N3O. The topological polar surface area (TPSA) is 45.7 Å². The van der Waals surface area contributed by atoms with E-state index < -0.39 is 0 Å². The van der Waals surface area contributed by atoms with Crippen LogP contribution in [0, 0.1) is 6.92 Å². The highest BCUT2D eigenvalue weighted by Crippen LogP contribution is 2.20. The summed E-state index contributed by atoms with van der Waals surface area (Å²) in [4.78, 5) is 4.61. The number of nitrogens with one attached hydrogen (secondary N) is 2. The zero-order chi connectivity index (χ0) is 15.5. The molecule has 0 atom stereocenters. The number of benzene rings is 1. The summed E-state index contributed by atoms with van der Waals surface area (Å²) in [7, 11) is 1.70. The van der Waals surface area contributed by atoms with Crippen LogP contribution in [0.5, 0.6) is 5.75 Å². The number of hydrogen-bond donors (Lipinski definition) is 2. The molecule has 0 radical (unpaired) electrons. The van der Waals surface area contributed by atoms with Crippen LogP contribution in [0.1, 0.15) is 31.4 Å². The van der Waals surface area contributed by atoms with E-state index in [0.29, 0.717) is 6.54 Å². The van der Waals surface area contributed by atoms with E-state index in [1.54, 1.807) is 7.11 Å². The number of aryl methyl sites for hydroxylation is 1. The van der Waals surface area contributed by atoms with Gasteiger partial charge in [-0.2, -0.15) is 0 Å². The van der Waals surface area contributed by atoms with Crippen LogP contribution in [0.4, 0.5) is 0 Å². The van der Waals surface area contributed by atoms with Gasteiger partial charge in [0.2, 0.25) is 0 Å². The number of methoxy groups -OCH3 is 1. The third kappa shape index (κ3) is 6.34. The Morgan fingerprint density at radius 2 is 2.14 bits per heavy atom. The molecule has 1 aromatic carbocycles. The van der Waals surface area contributed by atoms with Crippen LogP contribution in [0.2, 0.25) is 0 Å². The average Bonchev–Trinajstić information content (AvgIpc) is 2.49. The number of hydrogen-bond acceptors (Lipinski definition) is 2. The van der Waals surface area contributed by atoms with Crippen molar-refractivity contribution in [1.82, 2.24) is 10.6 Å². The molecule has 1 aromatic rings. The predicted molar refractivity (Wildman–Crippen MR) is 90.0 cm³/mol. The van der Waals surface area contributed by atoms with Crippen molar-refractivity contribution < 1.29 is 4.74 Å². The highest BCUT2D eigenvalue weighted by atomic mass is 16.5. The van der Waals surface area contributed by atoms with Gasteiger partial charge in [0.25, 0.3) is 0 Å². The molecule has 0 aromatic heterocycles. The van der Waals surface area contributed by atoms with Crippen molar-refractivity contribution in [3.63, 3.8) is 0 Å². The molecule has 0 aliphatic carbocycles. The fourth-order valence-corrected chi connectivity index (χ4v) is 1.93. The van der Waals surface area contributed by atoms with Crippen molar-refractivity contribution in [2.45, 2.75) is 33.7 Å². The molecule has 0 aliphatic rings. The number of allylic oxidation sites excluding steroid dienone is 1. The molecule has 0 aliphatic heterocycles. The van der Waals surface area contributed by atoms with Gasteiger partial charge in [0.1, 0.15) is 5.75 Å². The first-order valence-corrected chi connectivity index (χ1v) is 7.48. The second-order valence-electron chi connectivity index (χ2n) is 4.79.